The van der Waals surface area contributed by atoms with E-state index in [9.17, 15) is 4.79 Å². The summed E-state index contributed by atoms with van der Waals surface area (Å²) in [5.41, 5.74) is 4.22. The molecule has 0 aliphatic carbocycles. The Balaban J connectivity index is 1.61. The van der Waals surface area contributed by atoms with Crippen molar-refractivity contribution in [3.05, 3.63) is 77.6 Å². The highest BCUT2D eigenvalue weighted by molar-refractivity contribution is 8.00. The number of thiazole rings is 1. The lowest BCUT2D eigenvalue weighted by molar-refractivity contribution is -0.116. The maximum absolute atomic E-state index is 13.3. The number of amides is 1. The predicted molar refractivity (Wildman–Crippen MR) is 128 cm³/mol. The molecule has 158 valence electrons. The largest absolute Gasteiger partial charge is 0.497 e. The Labute approximate surface area is 190 Å². The van der Waals surface area contributed by atoms with Crippen molar-refractivity contribution in [3.8, 4) is 5.75 Å². The summed E-state index contributed by atoms with van der Waals surface area (Å²) in [4.78, 5) is 25.2. The molecular weight excluding hydrogens is 426 g/mol. The Kier molecular flexibility index (Phi) is 6.53. The number of methoxy groups -OCH3 is 1. The van der Waals surface area contributed by atoms with E-state index in [-0.39, 0.29) is 5.91 Å². The molecule has 0 bridgehead atoms. The molecule has 5 nitrogen and oxygen atoms in total. The summed E-state index contributed by atoms with van der Waals surface area (Å²) in [5.74, 6) is 1.13. The molecule has 7 heteroatoms. The first-order valence-electron chi connectivity index (χ1n) is 9.88. The van der Waals surface area contributed by atoms with Gasteiger partial charge in [-0.15, -0.1) is 11.8 Å². The van der Waals surface area contributed by atoms with Crippen molar-refractivity contribution < 1.29 is 9.53 Å². The number of anilines is 1. The topological polar surface area (TPSA) is 55.3 Å². The first kappa shape index (κ1) is 21.3. The van der Waals surface area contributed by atoms with E-state index < -0.39 is 0 Å². The Morgan fingerprint density at radius 3 is 2.55 bits per heavy atom. The number of carbonyl (C=O) groups is 1. The van der Waals surface area contributed by atoms with E-state index in [2.05, 4.69) is 31.0 Å². The Morgan fingerprint density at radius 2 is 1.87 bits per heavy atom. The lowest BCUT2D eigenvalue weighted by Gasteiger charge is -2.19. The van der Waals surface area contributed by atoms with E-state index in [0.29, 0.717) is 12.3 Å². The van der Waals surface area contributed by atoms with E-state index in [0.717, 1.165) is 37.1 Å². The van der Waals surface area contributed by atoms with Crippen molar-refractivity contribution in [3.63, 3.8) is 0 Å². The third kappa shape index (κ3) is 4.89. The van der Waals surface area contributed by atoms with Gasteiger partial charge in [0.15, 0.2) is 5.13 Å². The van der Waals surface area contributed by atoms with Crippen LogP contribution in [-0.4, -0.2) is 28.7 Å². The third-order valence-corrected chi connectivity index (χ3v) is 7.16. The summed E-state index contributed by atoms with van der Waals surface area (Å²) < 4.78 is 6.33. The first-order valence-corrected chi connectivity index (χ1v) is 11.7. The quantitative estimate of drug-likeness (QED) is 0.342. The highest BCUT2D eigenvalue weighted by Crippen LogP contribution is 2.34. The fourth-order valence-electron chi connectivity index (χ4n) is 3.20. The van der Waals surface area contributed by atoms with Crippen molar-refractivity contribution in [1.29, 1.82) is 0 Å². The number of rotatable bonds is 7. The van der Waals surface area contributed by atoms with Gasteiger partial charge in [0.1, 0.15) is 5.75 Å². The number of aryl methyl sites for hydroxylation is 2. The van der Waals surface area contributed by atoms with Crippen LogP contribution in [-0.2, 0) is 11.3 Å². The van der Waals surface area contributed by atoms with Gasteiger partial charge in [-0.1, -0.05) is 29.5 Å². The molecule has 4 aromatic rings. The van der Waals surface area contributed by atoms with Crippen LogP contribution in [0.25, 0.3) is 10.2 Å². The third-order valence-electron chi connectivity index (χ3n) is 4.95. The predicted octanol–water partition coefficient (Wildman–Crippen LogP) is 5.64. The van der Waals surface area contributed by atoms with Crippen LogP contribution in [0.1, 0.15) is 16.7 Å². The number of nitrogens with zero attached hydrogens (tertiary/aromatic N) is 3. The van der Waals surface area contributed by atoms with Gasteiger partial charge in [0, 0.05) is 17.3 Å². The zero-order chi connectivity index (χ0) is 21.8. The highest BCUT2D eigenvalue weighted by Gasteiger charge is 2.21. The molecule has 0 radical (unpaired) electrons. The molecule has 2 heterocycles. The number of aromatic nitrogens is 2. The molecule has 2 aromatic heterocycles. The van der Waals surface area contributed by atoms with Gasteiger partial charge in [-0.3, -0.25) is 14.7 Å². The number of benzene rings is 2. The SMILES string of the molecule is COc1ccc(SCC(=O)N(Cc2cccnc2)c2nc3c(C)ccc(C)c3s2)cc1. The molecule has 0 fully saturated rings. The minimum Gasteiger partial charge on any atom is -0.497 e. The Hall–Kier alpha value is -2.90. The zero-order valence-corrected chi connectivity index (χ0v) is 19.3. The van der Waals surface area contributed by atoms with Gasteiger partial charge < -0.3 is 4.74 Å². The summed E-state index contributed by atoms with van der Waals surface area (Å²) >= 11 is 3.08. The van der Waals surface area contributed by atoms with Crippen LogP contribution in [0.3, 0.4) is 0 Å². The van der Waals surface area contributed by atoms with E-state index >= 15 is 0 Å². The molecule has 0 saturated heterocycles. The zero-order valence-electron chi connectivity index (χ0n) is 17.7. The van der Waals surface area contributed by atoms with Gasteiger partial charge in [0.2, 0.25) is 5.91 Å². The van der Waals surface area contributed by atoms with E-state index in [1.807, 2.05) is 36.4 Å². The summed E-state index contributed by atoms with van der Waals surface area (Å²) in [7, 11) is 1.64. The van der Waals surface area contributed by atoms with Gasteiger partial charge in [-0.2, -0.15) is 0 Å². The number of thioether (sulfide) groups is 1. The minimum atomic E-state index is 0.0130. The molecule has 0 N–H and O–H groups in total. The van der Waals surface area contributed by atoms with Gasteiger partial charge in [0.25, 0.3) is 0 Å². The fourth-order valence-corrected chi connectivity index (χ4v) is 5.10. The van der Waals surface area contributed by atoms with Crippen LogP contribution >= 0.6 is 23.1 Å². The van der Waals surface area contributed by atoms with Crippen LogP contribution in [0.5, 0.6) is 5.75 Å². The first-order chi connectivity index (χ1) is 15.0. The maximum Gasteiger partial charge on any atom is 0.239 e. The van der Waals surface area contributed by atoms with Gasteiger partial charge in [-0.05, 0) is 60.9 Å². The number of pyridine rings is 1. The number of carbonyl (C=O) groups excluding carboxylic acids is 1. The second kappa shape index (κ2) is 9.49. The van der Waals surface area contributed by atoms with Crippen LogP contribution in [0.4, 0.5) is 5.13 Å². The van der Waals surface area contributed by atoms with Crippen LogP contribution in [0.15, 0.2) is 65.8 Å². The molecule has 0 saturated carbocycles. The molecule has 0 atom stereocenters. The normalized spacial score (nSPS) is 10.9. The smallest absolute Gasteiger partial charge is 0.239 e. The number of ether oxygens (including phenoxy) is 1. The second-order valence-corrected chi connectivity index (χ2v) is 9.21. The van der Waals surface area contributed by atoms with E-state index in [1.54, 1.807) is 35.7 Å². The van der Waals surface area contributed by atoms with Crippen LogP contribution in [0, 0.1) is 13.8 Å². The molecule has 0 unspecified atom stereocenters. The monoisotopic (exact) mass is 449 g/mol. The molecule has 31 heavy (non-hydrogen) atoms. The maximum atomic E-state index is 13.3. The molecule has 0 aliphatic heterocycles. The molecule has 1 amide bonds. The van der Waals surface area contributed by atoms with Gasteiger partial charge >= 0.3 is 0 Å². The standard InChI is InChI=1S/C24H23N3O2S2/c1-16-6-7-17(2)23-22(16)26-24(31-23)27(14-18-5-4-12-25-13-18)21(28)15-30-20-10-8-19(29-3)9-11-20/h4-13H,14-15H2,1-3H3. The lowest BCUT2D eigenvalue weighted by atomic mass is 10.1. The van der Waals surface area contributed by atoms with Crippen molar-refractivity contribution in [2.75, 3.05) is 17.8 Å². The van der Waals surface area contributed by atoms with E-state index in [1.165, 1.54) is 17.3 Å². The Bertz CT molecular complexity index is 1150. The summed E-state index contributed by atoms with van der Waals surface area (Å²) in [5, 5.41) is 0.719. The Morgan fingerprint density at radius 1 is 1.10 bits per heavy atom. The number of fused-ring (bicyclic) bond motifs is 1. The van der Waals surface area contributed by atoms with Crippen molar-refractivity contribution >= 4 is 44.4 Å². The molecule has 2 aromatic carbocycles. The lowest BCUT2D eigenvalue weighted by Crippen LogP contribution is -2.31. The second-order valence-electron chi connectivity index (χ2n) is 7.18. The van der Waals surface area contributed by atoms with Crippen molar-refractivity contribution in [2.45, 2.75) is 25.3 Å². The van der Waals surface area contributed by atoms with Crippen LogP contribution < -0.4 is 9.64 Å². The summed E-state index contributed by atoms with van der Waals surface area (Å²) in [6.45, 7) is 4.57. The molecule has 4 rings (SSSR count). The fraction of sp³-hybridized carbons (Fsp3) is 0.208. The molecule has 0 aliphatic rings. The summed E-state index contributed by atoms with van der Waals surface area (Å²) in [6.07, 6.45) is 3.53. The van der Waals surface area contributed by atoms with Gasteiger partial charge in [-0.25, -0.2) is 4.98 Å². The highest BCUT2D eigenvalue weighted by atomic mass is 32.2. The molecule has 0 spiro atoms. The average molecular weight is 450 g/mol. The van der Waals surface area contributed by atoms with Gasteiger partial charge in [0.05, 0.1) is 29.6 Å². The molecular formula is C24H23N3O2S2. The number of hydrogen-bond acceptors (Lipinski definition) is 6. The number of hydrogen-bond donors (Lipinski definition) is 0. The van der Waals surface area contributed by atoms with E-state index in [4.69, 9.17) is 9.72 Å². The average Bonchev–Trinajstić information content (AvgIpc) is 3.26. The minimum absolute atomic E-state index is 0.0130. The van der Waals surface area contributed by atoms with Crippen molar-refractivity contribution in [2.24, 2.45) is 0 Å². The van der Waals surface area contributed by atoms with Crippen LogP contribution in [0.2, 0.25) is 0 Å². The van der Waals surface area contributed by atoms with Crippen molar-refractivity contribution in [1.82, 2.24) is 9.97 Å². The summed E-state index contributed by atoms with van der Waals surface area (Å²) in [6, 6.07) is 15.8.